The number of hydrogen-bond acceptors (Lipinski definition) is 6. The van der Waals surface area contributed by atoms with E-state index in [0.717, 1.165) is 4.90 Å². The minimum absolute atomic E-state index is 0.0405. The summed E-state index contributed by atoms with van der Waals surface area (Å²) in [6.07, 6.45) is 1.57. The Kier molecular flexibility index (Phi) is 10.3. The molecule has 0 radical (unpaired) electrons. The fraction of sp³-hybridized carbons (Fsp3) is 0.0909. The van der Waals surface area contributed by atoms with Crippen LogP contribution in [0.3, 0.4) is 0 Å². The third kappa shape index (κ3) is 8.82. The summed E-state index contributed by atoms with van der Waals surface area (Å²) in [7, 11) is 1.56. The largest absolute Gasteiger partial charge is 0.497 e. The summed E-state index contributed by atoms with van der Waals surface area (Å²) in [5.74, 6) is -1.62. The first-order valence-corrected chi connectivity index (χ1v) is 14.0. The highest BCUT2D eigenvalue weighted by Crippen LogP contribution is 2.27. The molecule has 3 amide bonds. The lowest BCUT2D eigenvalue weighted by Gasteiger charge is -2.14. The lowest BCUT2D eigenvalue weighted by molar-refractivity contribution is -0.115. The minimum atomic E-state index is -1.05. The summed E-state index contributed by atoms with van der Waals surface area (Å²) >= 11 is 1.29. The highest BCUT2D eigenvalue weighted by molar-refractivity contribution is 8.00. The number of carboxylic acids is 1. The van der Waals surface area contributed by atoms with Crippen LogP contribution in [0.25, 0.3) is 6.08 Å². The number of nitrogens with one attached hydrogen (secondary N) is 3. The van der Waals surface area contributed by atoms with E-state index in [0.29, 0.717) is 28.3 Å². The van der Waals surface area contributed by atoms with Crippen molar-refractivity contribution in [2.24, 2.45) is 0 Å². The second kappa shape index (κ2) is 14.5. The quantitative estimate of drug-likeness (QED) is 0.125. The van der Waals surface area contributed by atoms with Crippen LogP contribution in [0.4, 0.5) is 11.4 Å². The number of hydrogen-bond donors (Lipinski definition) is 4. The number of benzene rings is 4. The van der Waals surface area contributed by atoms with Gasteiger partial charge in [-0.05, 0) is 85.3 Å². The monoisotopic (exact) mass is 595 g/mol. The van der Waals surface area contributed by atoms with Crippen LogP contribution in [0.15, 0.2) is 114 Å². The van der Waals surface area contributed by atoms with Gasteiger partial charge in [-0.25, -0.2) is 4.79 Å². The molecule has 4 aromatic carbocycles. The molecule has 0 aromatic heterocycles. The Labute approximate surface area is 253 Å². The second-order valence-electron chi connectivity index (χ2n) is 9.27. The Balaban J connectivity index is 1.46. The van der Waals surface area contributed by atoms with Crippen LogP contribution in [0.2, 0.25) is 0 Å². The van der Waals surface area contributed by atoms with Crippen molar-refractivity contribution in [1.82, 2.24) is 5.32 Å². The number of carboxylic acid groups (broad SMARTS) is 1. The first kappa shape index (κ1) is 30.6. The number of anilines is 2. The molecule has 0 saturated heterocycles. The highest BCUT2D eigenvalue weighted by atomic mass is 32.2. The summed E-state index contributed by atoms with van der Waals surface area (Å²) in [6.45, 7) is 1.74. The molecule has 0 heterocycles. The number of thioether (sulfide) groups is 1. The Morgan fingerprint density at radius 1 is 0.791 bits per heavy atom. The Morgan fingerprint density at radius 2 is 1.49 bits per heavy atom. The standard InChI is InChI=1S/C33H29N3O6S/c1-21(30(37)34-25-15-13-24(14-16-25)33(40)41)43-28-10-6-9-26(20-28)35-32(39)29(19-22-11-17-27(42-2)18-12-22)36-31(38)23-7-4-3-5-8-23/h3-21H,1-2H3,(H,34,37)(H,35,39)(H,36,38)(H,40,41)/b29-19+. The van der Waals surface area contributed by atoms with E-state index in [2.05, 4.69) is 16.0 Å². The van der Waals surface area contributed by atoms with E-state index >= 15 is 0 Å². The molecule has 0 bridgehead atoms. The molecule has 4 aromatic rings. The Morgan fingerprint density at radius 3 is 2.14 bits per heavy atom. The highest BCUT2D eigenvalue weighted by Gasteiger charge is 2.18. The van der Waals surface area contributed by atoms with E-state index in [1.165, 1.54) is 36.0 Å². The first-order valence-electron chi connectivity index (χ1n) is 13.2. The van der Waals surface area contributed by atoms with Gasteiger partial charge >= 0.3 is 5.97 Å². The smallest absolute Gasteiger partial charge is 0.335 e. The zero-order valence-corrected chi connectivity index (χ0v) is 24.2. The average Bonchev–Trinajstić information content (AvgIpc) is 3.01. The molecule has 4 rings (SSSR count). The van der Waals surface area contributed by atoms with Crippen molar-refractivity contribution in [3.63, 3.8) is 0 Å². The fourth-order valence-corrected chi connectivity index (χ4v) is 4.78. The van der Waals surface area contributed by atoms with Gasteiger partial charge < -0.3 is 25.8 Å². The lowest BCUT2D eigenvalue weighted by Crippen LogP contribution is -2.30. The fourth-order valence-electron chi connectivity index (χ4n) is 3.85. The third-order valence-electron chi connectivity index (χ3n) is 6.13. The molecule has 0 aliphatic heterocycles. The summed E-state index contributed by atoms with van der Waals surface area (Å²) in [5, 5.41) is 16.9. The Bertz CT molecular complexity index is 1640. The van der Waals surface area contributed by atoms with E-state index in [9.17, 15) is 19.2 Å². The van der Waals surface area contributed by atoms with Crippen molar-refractivity contribution in [3.05, 3.63) is 126 Å². The van der Waals surface area contributed by atoms with E-state index in [-0.39, 0.29) is 17.2 Å². The Hall–Kier alpha value is -5.35. The number of methoxy groups -OCH3 is 1. The molecular formula is C33H29N3O6S. The van der Waals surface area contributed by atoms with Crippen LogP contribution < -0.4 is 20.7 Å². The van der Waals surface area contributed by atoms with Gasteiger partial charge in [0.2, 0.25) is 5.91 Å². The van der Waals surface area contributed by atoms with Gasteiger partial charge in [-0.2, -0.15) is 0 Å². The maximum absolute atomic E-state index is 13.4. The average molecular weight is 596 g/mol. The molecule has 0 aliphatic rings. The molecule has 0 fully saturated rings. The number of aromatic carboxylic acids is 1. The molecule has 9 nitrogen and oxygen atoms in total. The molecular weight excluding hydrogens is 566 g/mol. The minimum Gasteiger partial charge on any atom is -0.497 e. The van der Waals surface area contributed by atoms with E-state index in [4.69, 9.17) is 9.84 Å². The molecule has 0 saturated carbocycles. The van der Waals surface area contributed by atoms with Crippen LogP contribution in [0.1, 0.15) is 33.2 Å². The lowest BCUT2D eigenvalue weighted by atomic mass is 10.1. The zero-order chi connectivity index (χ0) is 30.8. The van der Waals surface area contributed by atoms with Gasteiger partial charge in [0.1, 0.15) is 11.4 Å². The number of ether oxygens (including phenoxy) is 1. The number of carbonyl (C=O) groups is 4. The van der Waals surface area contributed by atoms with Gasteiger partial charge in [0, 0.05) is 21.8 Å². The van der Waals surface area contributed by atoms with Crippen LogP contribution in [0.5, 0.6) is 5.75 Å². The zero-order valence-electron chi connectivity index (χ0n) is 23.4. The number of amides is 3. The SMILES string of the molecule is COc1ccc(/C=C(/NC(=O)c2ccccc2)C(=O)Nc2cccc(SC(C)C(=O)Nc3ccc(C(=O)O)cc3)c2)cc1. The van der Waals surface area contributed by atoms with Gasteiger partial charge in [0.25, 0.3) is 11.8 Å². The van der Waals surface area contributed by atoms with E-state index in [1.54, 1.807) is 92.9 Å². The van der Waals surface area contributed by atoms with Gasteiger partial charge in [0.05, 0.1) is 17.9 Å². The van der Waals surface area contributed by atoms with Gasteiger partial charge in [0.15, 0.2) is 0 Å². The van der Waals surface area contributed by atoms with E-state index in [1.807, 2.05) is 6.07 Å². The molecule has 0 aliphatic carbocycles. The van der Waals surface area contributed by atoms with Crippen LogP contribution >= 0.6 is 11.8 Å². The van der Waals surface area contributed by atoms with Crippen LogP contribution in [0, 0.1) is 0 Å². The predicted molar refractivity (Wildman–Crippen MR) is 167 cm³/mol. The van der Waals surface area contributed by atoms with E-state index < -0.39 is 23.0 Å². The van der Waals surface area contributed by atoms with Crippen molar-refractivity contribution in [3.8, 4) is 5.75 Å². The summed E-state index contributed by atoms with van der Waals surface area (Å²) in [6, 6.07) is 28.5. The molecule has 43 heavy (non-hydrogen) atoms. The summed E-state index contributed by atoms with van der Waals surface area (Å²) < 4.78 is 5.20. The van der Waals surface area contributed by atoms with Crippen molar-refractivity contribution in [2.75, 3.05) is 17.7 Å². The van der Waals surface area contributed by atoms with Gasteiger partial charge in [-0.15, -0.1) is 11.8 Å². The third-order valence-corrected chi connectivity index (χ3v) is 7.22. The maximum Gasteiger partial charge on any atom is 0.335 e. The first-order chi connectivity index (χ1) is 20.7. The van der Waals surface area contributed by atoms with Crippen molar-refractivity contribution in [1.29, 1.82) is 0 Å². The topological polar surface area (TPSA) is 134 Å². The normalized spacial score (nSPS) is 11.6. The van der Waals surface area contributed by atoms with Crippen LogP contribution in [-0.2, 0) is 9.59 Å². The van der Waals surface area contributed by atoms with Crippen molar-refractivity contribution < 1.29 is 29.0 Å². The van der Waals surface area contributed by atoms with Gasteiger partial charge in [-0.1, -0.05) is 36.4 Å². The number of rotatable bonds is 11. The molecule has 1 unspecified atom stereocenters. The molecule has 0 spiro atoms. The number of carbonyl (C=O) groups excluding carboxylic acids is 3. The van der Waals surface area contributed by atoms with Crippen LogP contribution in [-0.4, -0.2) is 41.2 Å². The summed E-state index contributed by atoms with van der Waals surface area (Å²) in [4.78, 5) is 50.8. The predicted octanol–water partition coefficient (Wildman–Crippen LogP) is 5.92. The van der Waals surface area contributed by atoms with Gasteiger partial charge in [-0.3, -0.25) is 14.4 Å². The van der Waals surface area contributed by atoms with Crippen molar-refractivity contribution >= 4 is 52.9 Å². The molecule has 10 heteroatoms. The summed E-state index contributed by atoms with van der Waals surface area (Å²) in [5.41, 5.74) is 2.21. The molecule has 1 atom stereocenters. The molecule has 218 valence electrons. The molecule has 4 N–H and O–H groups in total. The second-order valence-corrected chi connectivity index (χ2v) is 10.7. The maximum atomic E-state index is 13.4. The van der Waals surface area contributed by atoms with Crippen molar-refractivity contribution in [2.45, 2.75) is 17.1 Å².